The van der Waals surface area contributed by atoms with Crippen LogP contribution in [0, 0.1) is 18.8 Å². The molecule has 1 aliphatic heterocycles. The van der Waals surface area contributed by atoms with Crippen molar-refractivity contribution in [3.05, 3.63) is 65.5 Å². The van der Waals surface area contributed by atoms with Gasteiger partial charge < -0.3 is 36.1 Å². The number of carbonyl (C=O) groups is 1. The molecule has 164 valence electrons. The van der Waals surface area contributed by atoms with Gasteiger partial charge in [-0.15, -0.1) is 24.0 Å². The third-order valence-corrected chi connectivity index (χ3v) is 3.22. The molecule has 0 N–H and O–H groups in total. The standard InChI is InChI=1S/C7H6ClNO.C6H3ClN2.C4H8O.CH3.I2.2HI.Mg/c1-5(10)7-4-6(8)2-3-9-7;7-5-1-2-9-6(3-5)4-8;1-2-4-5-3-1;;1-2;;;/h2-4H,1H3;1-3H;1-4H2;1H3;;2*1H;/q;;;-1;;;;+2/p-1. The molecule has 3 rings (SSSR count). The van der Waals surface area contributed by atoms with Gasteiger partial charge in [0.05, 0.1) is 0 Å². The second kappa shape index (κ2) is 28.7. The van der Waals surface area contributed by atoms with E-state index < -0.39 is 0 Å². The summed E-state index contributed by atoms with van der Waals surface area (Å²) in [4.78, 5) is 18.2. The van der Waals surface area contributed by atoms with Gasteiger partial charge in [0.15, 0.2) is 5.78 Å². The Morgan fingerprint density at radius 3 is 1.83 bits per heavy atom. The minimum absolute atomic E-state index is 0. The number of rotatable bonds is 1. The van der Waals surface area contributed by atoms with Gasteiger partial charge in [0.25, 0.3) is 0 Å². The summed E-state index contributed by atoms with van der Waals surface area (Å²) >= 11 is 15.4. The van der Waals surface area contributed by atoms with Crippen molar-refractivity contribution in [3.63, 3.8) is 0 Å². The fourth-order valence-corrected chi connectivity index (χ4v) is 1.89. The van der Waals surface area contributed by atoms with Crippen molar-refractivity contribution in [3.8, 4) is 6.07 Å². The van der Waals surface area contributed by atoms with E-state index in [1.165, 1.54) is 38.2 Å². The van der Waals surface area contributed by atoms with Gasteiger partial charge in [-0.2, -0.15) is 5.26 Å². The van der Waals surface area contributed by atoms with Crippen LogP contribution in [0.25, 0.3) is 0 Å². The number of hydrogen-bond donors (Lipinski definition) is 0. The average molecular weight is 914 g/mol. The molecule has 3 heterocycles. The zero-order valence-electron chi connectivity index (χ0n) is 16.5. The Morgan fingerprint density at radius 2 is 1.57 bits per heavy atom. The summed E-state index contributed by atoms with van der Waals surface area (Å²) in [5, 5.41) is 9.38. The number of nitrogens with zero attached hydrogens (tertiary/aromatic N) is 3. The van der Waals surface area contributed by atoms with Crippen LogP contribution in [0.2, 0.25) is 10.0 Å². The first-order chi connectivity index (χ1) is 12.5. The topological polar surface area (TPSA) is 75.9 Å². The summed E-state index contributed by atoms with van der Waals surface area (Å²) in [6.45, 7) is 3.46. The van der Waals surface area contributed by atoms with E-state index in [9.17, 15) is 4.79 Å². The van der Waals surface area contributed by atoms with E-state index in [2.05, 4.69) is 47.2 Å². The summed E-state index contributed by atoms with van der Waals surface area (Å²) in [6, 6.07) is 8.19. The van der Waals surface area contributed by atoms with Crippen molar-refractivity contribution in [2.45, 2.75) is 19.8 Å². The Morgan fingerprint density at radius 1 is 1.10 bits per heavy atom. The number of hydrogen-bond acceptors (Lipinski definition) is 5. The number of pyridine rings is 2. The molecule has 0 aliphatic carbocycles. The molecule has 2 aromatic heterocycles. The maximum Gasteiger partial charge on any atom is 2.00 e. The Balaban J connectivity index is -0.0000000970. The maximum absolute atomic E-state index is 10.7. The van der Waals surface area contributed by atoms with Gasteiger partial charge in [0.2, 0.25) is 0 Å². The first-order valence-corrected chi connectivity index (χ1v) is 14.4. The molecule has 0 amide bonds. The van der Waals surface area contributed by atoms with E-state index in [4.69, 9.17) is 33.2 Å². The quantitative estimate of drug-likeness (QED) is 0.189. The number of Topliss-reactive ketones (excluding diaryl/α,β-unsaturated/α-hetero) is 1. The van der Waals surface area contributed by atoms with E-state index in [1.807, 2.05) is 6.07 Å². The SMILES string of the molecule is C1CCOC1.CC(=O)c1cc(Cl)ccn1.I.II.N#Cc1cc(Cl)ccn1.[CH3-].[I-].[Mg+2]. The van der Waals surface area contributed by atoms with E-state index in [0.717, 1.165) is 13.2 Å². The van der Waals surface area contributed by atoms with Crippen LogP contribution in [-0.4, -0.2) is 52.0 Å². The van der Waals surface area contributed by atoms with Gasteiger partial charge >= 0.3 is 23.1 Å². The zero-order valence-corrected chi connectivity index (χ0v) is 28.2. The molecule has 0 bridgehead atoms. The molecule has 0 spiro atoms. The molecule has 0 unspecified atom stereocenters. The van der Waals surface area contributed by atoms with Crippen LogP contribution in [0.3, 0.4) is 0 Å². The normalized spacial score (nSPS) is 9.87. The maximum atomic E-state index is 10.7. The summed E-state index contributed by atoms with van der Waals surface area (Å²) in [6.07, 6.45) is 5.57. The van der Waals surface area contributed by atoms with Gasteiger partial charge in [0.1, 0.15) is 17.5 Å². The Kier molecular flexibility index (Phi) is 40.1. The fraction of sp³-hybridized carbons (Fsp3) is 0.278. The third kappa shape index (κ3) is 22.9. The van der Waals surface area contributed by atoms with Crippen LogP contribution in [0.4, 0.5) is 0 Å². The van der Waals surface area contributed by atoms with Crippen LogP contribution in [0.15, 0.2) is 36.7 Å². The van der Waals surface area contributed by atoms with Crippen LogP contribution in [0.5, 0.6) is 0 Å². The first-order valence-electron chi connectivity index (χ1n) is 7.39. The van der Waals surface area contributed by atoms with Gasteiger partial charge in [0, 0.05) is 79.8 Å². The van der Waals surface area contributed by atoms with Gasteiger partial charge in [-0.3, -0.25) is 9.78 Å². The molecule has 0 atom stereocenters. The second-order valence-electron chi connectivity index (χ2n) is 4.71. The van der Waals surface area contributed by atoms with Gasteiger partial charge in [-0.25, -0.2) is 4.98 Å². The van der Waals surface area contributed by atoms with E-state index in [0.29, 0.717) is 21.4 Å². The predicted molar refractivity (Wildman–Crippen MR) is 149 cm³/mol. The molecule has 12 heteroatoms. The number of halogens is 6. The van der Waals surface area contributed by atoms with Crippen molar-refractivity contribution in [1.82, 2.24) is 9.97 Å². The van der Waals surface area contributed by atoms with Crippen LogP contribution in [-0.2, 0) is 4.74 Å². The first kappa shape index (κ1) is 41.9. The van der Waals surface area contributed by atoms with Crippen molar-refractivity contribution < 1.29 is 33.5 Å². The van der Waals surface area contributed by atoms with Crippen molar-refractivity contribution in [2.24, 2.45) is 0 Å². The van der Waals surface area contributed by atoms with Crippen molar-refractivity contribution >= 4 is 113 Å². The summed E-state index contributed by atoms with van der Waals surface area (Å²) in [5.74, 6) is -0.0671. The molecule has 1 fully saturated rings. The second-order valence-corrected chi connectivity index (χ2v) is 5.58. The Hall–Kier alpha value is 1.69. The smallest absolute Gasteiger partial charge is 1.00 e. The molecule has 0 aromatic carbocycles. The van der Waals surface area contributed by atoms with Crippen molar-refractivity contribution in [1.29, 1.82) is 5.26 Å². The predicted octanol–water partition coefficient (Wildman–Crippen LogP) is 3.80. The van der Waals surface area contributed by atoms with E-state index >= 15 is 0 Å². The molecule has 30 heavy (non-hydrogen) atoms. The fourth-order valence-electron chi connectivity index (χ4n) is 1.57. The third-order valence-electron chi connectivity index (χ3n) is 2.75. The minimum Gasteiger partial charge on any atom is -1.00 e. The summed E-state index contributed by atoms with van der Waals surface area (Å²) in [7, 11) is 0. The Bertz CT molecular complexity index is 714. The molecule has 1 saturated heterocycles. The molecule has 0 radical (unpaired) electrons. The average Bonchev–Trinajstić information content (AvgIpc) is 3.24. The summed E-state index contributed by atoms with van der Waals surface area (Å²) in [5.41, 5.74) is 0.759. The van der Waals surface area contributed by atoms with E-state index in [1.54, 1.807) is 18.2 Å². The van der Waals surface area contributed by atoms with Crippen LogP contribution >= 0.6 is 84.4 Å². The molecular weight excluding hydrogens is 893 g/mol. The van der Waals surface area contributed by atoms with Crippen LogP contribution < -0.4 is 24.0 Å². The zero-order chi connectivity index (χ0) is 19.8. The van der Waals surface area contributed by atoms with Crippen LogP contribution in [0.1, 0.15) is 35.9 Å². The Labute approximate surface area is 262 Å². The minimum atomic E-state index is -0.0671. The van der Waals surface area contributed by atoms with Gasteiger partial charge in [-0.1, -0.05) is 23.2 Å². The number of ether oxygens (including phenoxy) is 1. The molecule has 0 saturated carbocycles. The number of nitriles is 1. The summed E-state index contributed by atoms with van der Waals surface area (Å²) < 4.78 is 4.94. The van der Waals surface area contributed by atoms with Crippen molar-refractivity contribution in [2.75, 3.05) is 13.2 Å². The van der Waals surface area contributed by atoms with E-state index in [-0.39, 0.29) is 84.2 Å². The monoisotopic (exact) mass is 913 g/mol. The number of aromatic nitrogens is 2. The molecule has 2 aromatic rings. The largest absolute Gasteiger partial charge is 2.00 e. The molecule has 5 nitrogen and oxygen atoms in total. The van der Waals surface area contributed by atoms with Gasteiger partial charge in [-0.05, 0) is 37.1 Å². The number of carbonyl (C=O) groups excluding carboxylic acids is 1. The molecular formula is C18H21Cl2I4MgN3O2. The number of ketones is 1. The molecule has 1 aliphatic rings.